The first-order chi connectivity index (χ1) is 11.5. The second-order valence-electron chi connectivity index (χ2n) is 5.72. The number of carbonyl (C=O) groups is 1. The monoisotopic (exact) mass is 324 g/mol. The Bertz CT molecular complexity index is 915. The summed E-state index contributed by atoms with van der Waals surface area (Å²) in [6, 6.07) is 7.85. The Labute approximate surface area is 139 Å². The number of nitrogens with one attached hydrogen (secondary N) is 1. The van der Waals surface area contributed by atoms with Gasteiger partial charge in [-0.3, -0.25) is 4.79 Å². The molecule has 0 aliphatic heterocycles. The van der Waals surface area contributed by atoms with E-state index in [1.807, 2.05) is 38.1 Å². The van der Waals surface area contributed by atoms with Crippen molar-refractivity contribution in [3.05, 3.63) is 46.8 Å². The fourth-order valence-corrected chi connectivity index (χ4v) is 2.71. The third-order valence-corrected chi connectivity index (χ3v) is 4.02. The van der Waals surface area contributed by atoms with Gasteiger partial charge in [0.25, 0.3) is 5.78 Å². The minimum absolute atomic E-state index is 0.0938. The summed E-state index contributed by atoms with van der Waals surface area (Å²) in [5.74, 6) is 0.522. The van der Waals surface area contributed by atoms with Crippen molar-refractivity contribution in [2.45, 2.75) is 33.6 Å². The van der Waals surface area contributed by atoms with Crippen molar-refractivity contribution in [1.82, 2.24) is 19.6 Å². The van der Waals surface area contributed by atoms with Crippen molar-refractivity contribution in [2.24, 2.45) is 0 Å². The Morgan fingerprint density at radius 3 is 2.83 bits per heavy atom. The Morgan fingerprint density at radius 1 is 1.29 bits per heavy atom. The summed E-state index contributed by atoms with van der Waals surface area (Å²) < 4.78 is 1.57. The van der Waals surface area contributed by atoms with Crippen LogP contribution in [0.25, 0.3) is 5.78 Å². The van der Waals surface area contributed by atoms with Gasteiger partial charge in [-0.15, -0.1) is 5.10 Å². The summed E-state index contributed by atoms with van der Waals surface area (Å²) >= 11 is 0. The molecule has 3 rings (SSSR count). The highest BCUT2D eigenvalue weighted by atomic mass is 16.1. The van der Waals surface area contributed by atoms with E-state index in [1.165, 1.54) is 5.56 Å². The lowest BCUT2D eigenvalue weighted by atomic mass is 10.1. The lowest BCUT2D eigenvalue weighted by Crippen LogP contribution is -2.17. The second kappa shape index (κ2) is 6.27. The zero-order valence-corrected chi connectivity index (χ0v) is 14.0. The molecule has 124 valence electrons. The highest BCUT2D eigenvalue weighted by Gasteiger charge is 2.15. The van der Waals surface area contributed by atoms with Crippen LogP contribution in [0.5, 0.6) is 0 Å². The van der Waals surface area contributed by atoms with E-state index in [2.05, 4.69) is 27.3 Å². The quantitative estimate of drug-likeness (QED) is 0.765. The van der Waals surface area contributed by atoms with Gasteiger partial charge in [0.05, 0.1) is 6.42 Å². The van der Waals surface area contributed by atoms with Crippen molar-refractivity contribution in [3.63, 3.8) is 0 Å². The number of aryl methyl sites for hydroxylation is 3. The number of nitrogen functional groups attached to an aromatic ring is 1. The minimum Gasteiger partial charge on any atom is -0.366 e. The van der Waals surface area contributed by atoms with Gasteiger partial charge >= 0.3 is 0 Å². The summed E-state index contributed by atoms with van der Waals surface area (Å²) in [5.41, 5.74) is 10.0. The van der Waals surface area contributed by atoms with Gasteiger partial charge in [0, 0.05) is 22.6 Å². The molecule has 0 fully saturated rings. The maximum absolute atomic E-state index is 12.4. The zero-order valence-electron chi connectivity index (χ0n) is 14.0. The van der Waals surface area contributed by atoms with Crippen LogP contribution in [0.2, 0.25) is 0 Å². The number of fused-ring (bicyclic) bond motifs is 1. The molecule has 3 aromatic rings. The van der Waals surface area contributed by atoms with Gasteiger partial charge in [-0.25, -0.2) is 4.98 Å². The van der Waals surface area contributed by atoms with E-state index in [0.717, 1.165) is 29.1 Å². The standard InChI is InChI=1S/C17H20N6O/c1-4-12-6-5-7-13(8-12)20-15(24)9-14-10(2)19-17-21-16(18)22-23(17)11(14)3/h5-8H,4,9H2,1-3H3,(H2,18,22)(H,20,24). The number of nitrogens with zero attached hydrogens (tertiary/aromatic N) is 4. The van der Waals surface area contributed by atoms with Crippen LogP contribution in [0.1, 0.15) is 29.4 Å². The molecule has 0 unspecified atom stereocenters. The number of hydrogen-bond donors (Lipinski definition) is 2. The van der Waals surface area contributed by atoms with Gasteiger partial charge in [0.2, 0.25) is 11.9 Å². The number of benzene rings is 1. The Kier molecular flexibility index (Phi) is 4.16. The van der Waals surface area contributed by atoms with Gasteiger partial charge in [-0.1, -0.05) is 19.1 Å². The maximum atomic E-state index is 12.4. The van der Waals surface area contributed by atoms with E-state index in [9.17, 15) is 4.79 Å². The first kappa shape index (κ1) is 15.9. The van der Waals surface area contributed by atoms with Crippen molar-refractivity contribution < 1.29 is 4.79 Å². The Balaban J connectivity index is 1.84. The number of nitrogens with two attached hydrogens (primary N) is 1. The fraction of sp³-hybridized carbons (Fsp3) is 0.294. The Morgan fingerprint density at radius 2 is 2.08 bits per heavy atom. The molecule has 3 N–H and O–H groups in total. The SMILES string of the molecule is CCc1cccc(NC(=O)Cc2c(C)nc3nc(N)nn3c2C)c1. The third kappa shape index (κ3) is 3.05. The van der Waals surface area contributed by atoms with Crippen molar-refractivity contribution in [3.8, 4) is 0 Å². The van der Waals surface area contributed by atoms with Gasteiger partial charge in [0.1, 0.15) is 0 Å². The second-order valence-corrected chi connectivity index (χ2v) is 5.72. The maximum Gasteiger partial charge on any atom is 0.254 e. The van der Waals surface area contributed by atoms with Crippen LogP contribution in [0.15, 0.2) is 24.3 Å². The molecule has 7 heteroatoms. The average molecular weight is 324 g/mol. The number of rotatable bonds is 4. The molecule has 0 spiro atoms. The summed E-state index contributed by atoms with van der Waals surface area (Å²) in [5, 5.41) is 7.05. The van der Waals surface area contributed by atoms with Crippen LogP contribution in [0, 0.1) is 13.8 Å². The third-order valence-electron chi connectivity index (χ3n) is 4.02. The molecule has 0 saturated carbocycles. The molecule has 1 amide bonds. The summed E-state index contributed by atoms with van der Waals surface area (Å²) in [7, 11) is 0. The predicted molar refractivity (Wildman–Crippen MR) is 92.8 cm³/mol. The van der Waals surface area contributed by atoms with Crippen LogP contribution < -0.4 is 11.1 Å². The fourth-order valence-electron chi connectivity index (χ4n) is 2.71. The summed E-state index contributed by atoms with van der Waals surface area (Å²) in [6.07, 6.45) is 1.15. The number of amides is 1. The van der Waals surface area contributed by atoms with Crippen LogP contribution in [-0.2, 0) is 17.6 Å². The molecular weight excluding hydrogens is 304 g/mol. The number of aromatic nitrogens is 4. The van der Waals surface area contributed by atoms with Crippen LogP contribution in [0.4, 0.5) is 11.6 Å². The molecule has 1 aromatic carbocycles. The molecule has 7 nitrogen and oxygen atoms in total. The topological polar surface area (TPSA) is 98.2 Å². The van der Waals surface area contributed by atoms with E-state index >= 15 is 0 Å². The molecular formula is C17H20N6O. The molecule has 0 aliphatic carbocycles. The van der Waals surface area contributed by atoms with Crippen molar-refractivity contribution >= 4 is 23.3 Å². The van der Waals surface area contributed by atoms with Gasteiger partial charge in [-0.05, 0) is 38.0 Å². The molecule has 2 aromatic heterocycles. The first-order valence-electron chi connectivity index (χ1n) is 7.85. The van der Waals surface area contributed by atoms with E-state index < -0.39 is 0 Å². The molecule has 0 saturated heterocycles. The highest BCUT2D eigenvalue weighted by Crippen LogP contribution is 2.16. The van der Waals surface area contributed by atoms with E-state index in [4.69, 9.17) is 5.73 Å². The lowest BCUT2D eigenvalue weighted by Gasteiger charge is -2.11. The normalized spacial score (nSPS) is 11.0. The van der Waals surface area contributed by atoms with E-state index in [1.54, 1.807) is 4.52 Å². The summed E-state index contributed by atoms with van der Waals surface area (Å²) in [6.45, 7) is 5.83. The molecule has 0 aliphatic rings. The molecule has 0 atom stereocenters. The highest BCUT2D eigenvalue weighted by molar-refractivity contribution is 5.92. The van der Waals surface area contributed by atoms with Gasteiger partial charge in [-0.2, -0.15) is 9.50 Å². The predicted octanol–water partition coefficient (Wildman–Crippen LogP) is 2.07. The van der Waals surface area contributed by atoms with E-state index in [-0.39, 0.29) is 18.3 Å². The smallest absolute Gasteiger partial charge is 0.254 e. The molecule has 0 bridgehead atoms. The average Bonchev–Trinajstić information content (AvgIpc) is 2.92. The van der Waals surface area contributed by atoms with Gasteiger partial charge < -0.3 is 11.1 Å². The van der Waals surface area contributed by atoms with Crippen LogP contribution in [0.3, 0.4) is 0 Å². The number of hydrogen-bond acceptors (Lipinski definition) is 5. The molecule has 2 heterocycles. The van der Waals surface area contributed by atoms with Gasteiger partial charge in [0.15, 0.2) is 0 Å². The van der Waals surface area contributed by atoms with Crippen LogP contribution >= 0.6 is 0 Å². The molecule has 24 heavy (non-hydrogen) atoms. The van der Waals surface area contributed by atoms with Crippen molar-refractivity contribution in [2.75, 3.05) is 11.1 Å². The first-order valence-corrected chi connectivity index (χ1v) is 7.85. The minimum atomic E-state index is -0.0938. The number of carbonyl (C=O) groups excluding carboxylic acids is 1. The molecule has 0 radical (unpaired) electrons. The van der Waals surface area contributed by atoms with Crippen molar-refractivity contribution in [1.29, 1.82) is 0 Å². The Hall–Kier alpha value is -2.96. The summed E-state index contributed by atoms with van der Waals surface area (Å²) in [4.78, 5) is 20.9. The zero-order chi connectivity index (χ0) is 17.3. The lowest BCUT2D eigenvalue weighted by molar-refractivity contribution is -0.115. The van der Waals surface area contributed by atoms with E-state index in [0.29, 0.717) is 5.78 Å². The van der Waals surface area contributed by atoms with Crippen LogP contribution in [-0.4, -0.2) is 25.5 Å². The number of anilines is 2. The largest absolute Gasteiger partial charge is 0.366 e.